The molecule has 1 amide bonds. The van der Waals surface area contributed by atoms with Crippen LogP contribution in [-0.4, -0.2) is 32.2 Å². The van der Waals surface area contributed by atoms with Gasteiger partial charge in [-0.3, -0.25) is 4.79 Å². The largest absolute Gasteiger partial charge is 0.496 e. The van der Waals surface area contributed by atoms with Crippen LogP contribution in [0.5, 0.6) is 17.2 Å². The Hall–Kier alpha value is -3.79. The highest BCUT2D eigenvalue weighted by Crippen LogP contribution is 2.43. The second kappa shape index (κ2) is 11.2. The number of ether oxygens (including phenoxy) is 2. The number of carbonyl (C=O) groups is 1. The minimum absolute atomic E-state index is 0.0165. The lowest BCUT2D eigenvalue weighted by Gasteiger charge is -2.34. The van der Waals surface area contributed by atoms with Gasteiger partial charge in [0.1, 0.15) is 35.2 Å². The first-order chi connectivity index (χ1) is 19.5. The van der Waals surface area contributed by atoms with Crippen LogP contribution in [0.15, 0.2) is 48.5 Å². The number of benzene rings is 3. The average Bonchev–Trinajstić information content (AvgIpc) is 2.94. The molecule has 1 aliphatic heterocycles. The fourth-order valence-corrected chi connectivity index (χ4v) is 6.76. The summed E-state index contributed by atoms with van der Waals surface area (Å²) in [4.78, 5) is 12.9. The predicted molar refractivity (Wildman–Crippen MR) is 157 cm³/mol. The van der Waals surface area contributed by atoms with Crippen molar-refractivity contribution < 1.29 is 31.3 Å². The number of methoxy groups -OCH3 is 1. The van der Waals surface area contributed by atoms with Gasteiger partial charge in [-0.05, 0) is 69.0 Å². The summed E-state index contributed by atoms with van der Waals surface area (Å²) in [6.07, 6.45) is 3.97. The second-order valence-electron chi connectivity index (χ2n) is 11.1. The van der Waals surface area contributed by atoms with Gasteiger partial charge in [0.2, 0.25) is 5.91 Å². The van der Waals surface area contributed by atoms with E-state index in [1.165, 1.54) is 19.2 Å². The minimum atomic E-state index is -3.79. The molecule has 1 fully saturated rings. The number of fused-ring (bicyclic) bond motifs is 1. The molecular formula is C31H35FN2O6S. The fraction of sp³-hybridized carbons (Fsp3) is 0.387. The van der Waals surface area contributed by atoms with Crippen molar-refractivity contribution in [3.05, 3.63) is 65.5 Å². The number of carbonyl (C=O) groups excluding carboxylic acids is 1. The quantitative estimate of drug-likeness (QED) is 0.290. The van der Waals surface area contributed by atoms with E-state index in [0.717, 1.165) is 24.8 Å². The van der Waals surface area contributed by atoms with Crippen LogP contribution in [0.1, 0.15) is 57.1 Å². The monoisotopic (exact) mass is 582 g/mol. The topological polar surface area (TPSA) is 103 Å². The number of rotatable bonds is 8. The standard InChI is InChI=1S/C31H35FN2O6S/c1-19-10-11-20(32)16-27(19)39-18-25-23(14-15-26-29(25)33-30(35)31(2,3)34-26)24-13-12-21(17-28(24)38-4)40-41(36,37)22-8-6-5-7-9-22/h10-17,22,34H,5-9,18H2,1-4H3,(H,33,35). The van der Waals surface area contributed by atoms with E-state index >= 15 is 0 Å². The summed E-state index contributed by atoms with van der Waals surface area (Å²) in [5, 5.41) is 5.76. The number of nitrogens with one attached hydrogen (secondary N) is 2. The van der Waals surface area contributed by atoms with Crippen molar-refractivity contribution in [1.82, 2.24) is 0 Å². The van der Waals surface area contributed by atoms with Crippen LogP contribution in [0.25, 0.3) is 11.1 Å². The summed E-state index contributed by atoms with van der Waals surface area (Å²) in [7, 11) is -2.29. The van der Waals surface area contributed by atoms with Crippen LogP contribution in [0, 0.1) is 12.7 Å². The summed E-state index contributed by atoms with van der Waals surface area (Å²) in [6, 6.07) is 13.0. The third-order valence-corrected chi connectivity index (χ3v) is 9.44. The number of halogens is 1. The van der Waals surface area contributed by atoms with Gasteiger partial charge in [-0.15, -0.1) is 0 Å². The lowest BCUT2D eigenvalue weighted by Crippen LogP contribution is -2.47. The Kier molecular flexibility index (Phi) is 7.87. The maximum Gasteiger partial charge on any atom is 0.312 e. The Morgan fingerprint density at radius 3 is 2.44 bits per heavy atom. The van der Waals surface area contributed by atoms with Gasteiger partial charge < -0.3 is 24.3 Å². The van der Waals surface area contributed by atoms with Crippen LogP contribution in [0.4, 0.5) is 15.8 Å². The highest BCUT2D eigenvalue weighted by molar-refractivity contribution is 7.87. The molecule has 5 rings (SSSR count). The number of aryl methyl sites for hydroxylation is 1. The maximum atomic E-state index is 14.0. The molecule has 0 saturated heterocycles. The Labute approximate surface area is 240 Å². The van der Waals surface area contributed by atoms with Gasteiger partial charge in [-0.25, -0.2) is 4.39 Å². The van der Waals surface area contributed by atoms with E-state index in [0.29, 0.717) is 52.4 Å². The molecule has 218 valence electrons. The number of hydrogen-bond acceptors (Lipinski definition) is 7. The zero-order chi connectivity index (χ0) is 29.4. The Morgan fingerprint density at radius 1 is 0.976 bits per heavy atom. The van der Waals surface area contributed by atoms with Gasteiger partial charge in [0, 0.05) is 23.3 Å². The molecule has 1 saturated carbocycles. The number of anilines is 2. The molecule has 1 aliphatic carbocycles. The highest BCUT2D eigenvalue weighted by atomic mass is 32.2. The molecule has 8 nitrogen and oxygen atoms in total. The number of amides is 1. The molecule has 1 heterocycles. The normalized spacial score (nSPS) is 16.8. The molecule has 10 heteroatoms. The van der Waals surface area contributed by atoms with Crippen LogP contribution < -0.4 is 24.3 Å². The first-order valence-corrected chi connectivity index (χ1v) is 15.2. The van der Waals surface area contributed by atoms with E-state index < -0.39 is 26.7 Å². The van der Waals surface area contributed by atoms with Gasteiger partial charge in [-0.1, -0.05) is 31.4 Å². The molecule has 2 aliphatic rings. The number of hydrogen-bond donors (Lipinski definition) is 2. The van der Waals surface area contributed by atoms with Gasteiger partial charge in [0.05, 0.1) is 23.7 Å². The first kappa shape index (κ1) is 28.7. The van der Waals surface area contributed by atoms with E-state index in [-0.39, 0.29) is 18.3 Å². The minimum Gasteiger partial charge on any atom is -0.496 e. The summed E-state index contributed by atoms with van der Waals surface area (Å²) < 4.78 is 57.1. The van der Waals surface area contributed by atoms with E-state index in [2.05, 4.69) is 10.6 Å². The molecule has 3 aromatic carbocycles. The van der Waals surface area contributed by atoms with E-state index in [4.69, 9.17) is 13.7 Å². The molecule has 0 aromatic heterocycles. The van der Waals surface area contributed by atoms with Gasteiger partial charge in [0.25, 0.3) is 0 Å². The van der Waals surface area contributed by atoms with Crippen molar-refractivity contribution in [3.8, 4) is 28.4 Å². The van der Waals surface area contributed by atoms with Crippen LogP contribution in [0.3, 0.4) is 0 Å². The third kappa shape index (κ3) is 5.98. The van der Waals surface area contributed by atoms with Crippen molar-refractivity contribution >= 4 is 27.4 Å². The maximum absolute atomic E-state index is 14.0. The van der Waals surface area contributed by atoms with Crippen molar-refractivity contribution in [2.75, 3.05) is 17.7 Å². The zero-order valence-corrected chi connectivity index (χ0v) is 24.5. The van der Waals surface area contributed by atoms with Gasteiger partial charge >= 0.3 is 10.1 Å². The van der Waals surface area contributed by atoms with Crippen molar-refractivity contribution in [2.24, 2.45) is 0 Å². The molecule has 3 aromatic rings. The van der Waals surface area contributed by atoms with Gasteiger partial charge in [-0.2, -0.15) is 8.42 Å². The van der Waals surface area contributed by atoms with Crippen molar-refractivity contribution in [1.29, 1.82) is 0 Å². The lowest BCUT2D eigenvalue weighted by atomic mass is 9.92. The fourth-order valence-electron chi connectivity index (χ4n) is 5.34. The molecule has 0 unspecified atom stereocenters. The molecule has 0 spiro atoms. The smallest absolute Gasteiger partial charge is 0.312 e. The third-order valence-electron chi connectivity index (χ3n) is 7.72. The van der Waals surface area contributed by atoms with E-state index in [1.54, 1.807) is 38.1 Å². The Balaban J connectivity index is 1.54. The first-order valence-electron chi connectivity index (χ1n) is 13.7. The molecule has 2 N–H and O–H groups in total. The highest BCUT2D eigenvalue weighted by Gasteiger charge is 2.35. The summed E-state index contributed by atoms with van der Waals surface area (Å²) >= 11 is 0. The summed E-state index contributed by atoms with van der Waals surface area (Å²) in [5.74, 6) is 0.304. The second-order valence-corrected chi connectivity index (χ2v) is 12.9. The Bertz CT molecular complexity index is 1580. The lowest BCUT2D eigenvalue weighted by molar-refractivity contribution is -0.119. The average molecular weight is 583 g/mol. The van der Waals surface area contributed by atoms with Crippen LogP contribution in [-0.2, 0) is 21.5 Å². The molecule has 0 atom stereocenters. The van der Waals surface area contributed by atoms with E-state index in [1.807, 2.05) is 19.1 Å². The van der Waals surface area contributed by atoms with Crippen molar-refractivity contribution in [3.63, 3.8) is 0 Å². The van der Waals surface area contributed by atoms with Crippen LogP contribution in [0.2, 0.25) is 0 Å². The van der Waals surface area contributed by atoms with Crippen LogP contribution >= 0.6 is 0 Å². The van der Waals surface area contributed by atoms with E-state index in [9.17, 15) is 17.6 Å². The SMILES string of the molecule is COc1cc(OS(=O)(=O)C2CCCCC2)ccc1-c1ccc2c(c1COc1cc(F)ccc1C)NC(=O)C(C)(C)N2. The van der Waals surface area contributed by atoms with Gasteiger partial charge in [0.15, 0.2) is 0 Å². The predicted octanol–water partition coefficient (Wildman–Crippen LogP) is 6.57. The van der Waals surface area contributed by atoms with Crippen molar-refractivity contribution in [2.45, 2.75) is 70.3 Å². The molecular weight excluding hydrogens is 547 g/mol. The Morgan fingerprint density at radius 2 is 1.71 bits per heavy atom. The summed E-state index contributed by atoms with van der Waals surface area (Å²) in [6.45, 7) is 5.41. The molecule has 41 heavy (non-hydrogen) atoms. The zero-order valence-electron chi connectivity index (χ0n) is 23.7. The molecule has 0 bridgehead atoms. The molecule has 0 radical (unpaired) electrons. The summed E-state index contributed by atoms with van der Waals surface area (Å²) in [5.41, 5.74) is 3.17.